The Balaban J connectivity index is 2.48. The van der Waals surface area contributed by atoms with Gasteiger partial charge in [-0.1, -0.05) is 19.3 Å². The van der Waals surface area contributed by atoms with Gasteiger partial charge in [-0.3, -0.25) is 4.90 Å². The van der Waals surface area contributed by atoms with Gasteiger partial charge in [-0.15, -0.1) is 0 Å². The Morgan fingerprint density at radius 2 is 1.83 bits per heavy atom. The molecule has 0 aliphatic heterocycles. The van der Waals surface area contributed by atoms with Crippen molar-refractivity contribution in [1.82, 2.24) is 10.2 Å². The second-order valence-corrected chi connectivity index (χ2v) is 6.70. The lowest BCUT2D eigenvalue weighted by molar-refractivity contribution is 0.0631. The standard InChI is InChI=1S/C15H32N2O/c1-15(2,3)16-11-14(12-18-5)17(4)13-9-7-6-8-10-13/h13-14,16H,6-12H2,1-5H3. The number of nitrogens with zero attached hydrogens (tertiary/aromatic N) is 1. The summed E-state index contributed by atoms with van der Waals surface area (Å²) in [6, 6.07) is 1.23. The average Bonchev–Trinajstić information content (AvgIpc) is 2.33. The van der Waals surface area contributed by atoms with Gasteiger partial charge in [0, 0.05) is 31.3 Å². The molecule has 3 heteroatoms. The molecule has 0 bridgehead atoms. The summed E-state index contributed by atoms with van der Waals surface area (Å²) in [7, 11) is 4.07. The van der Waals surface area contributed by atoms with Crippen LogP contribution in [0, 0.1) is 0 Å². The molecule has 0 saturated heterocycles. The third-order valence-corrected chi connectivity index (χ3v) is 3.95. The number of hydrogen-bond donors (Lipinski definition) is 1. The van der Waals surface area contributed by atoms with Crippen molar-refractivity contribution in [3.8, 4) is 0 Å². The van der Waals surface area contributed by atoms with Gasteiger partial charge in [0.25, 0.3) is 0 Å². The van der Waals surface area contributed by atoms with Gasteiger partial charge in [-0.05, 0) is 40.7 Å². The van der Waals surface area contributed by atoms with Crippen LogP contribution >= 0.6 is 0 Å². The zero-order valence-corrected chi connectivity index (χ0v) is 13.0. The van der Waals surface area contributed by atoms with Gasteiger partial charge in [-0.2, -0.15) is 0 Å². The first kappa shape index (κ1) is 15.9. The molecule has 0 heterocycles. The lowest BCUT2D eigenvalue weighted by Gasteiger charge is -2.38. The van der Waals surface area contributed by atoms with Crippen LogP contribution in [0.4, 0.5) is 0 Å². The van der Waals surface area contributed by atoms with Crippen LogP contribution in [0.1, 0.15) is 52.9 Å². The van der Waals surface area contributed by atoms with Crippen LogP contribution in [0.2, 0.25) is 0 Å². The Kier molecular flexibility index (Phi) is 6.61. The Labute approximate surface area is 113 Å². The van der Waals surface area contributed by atoms with Crippen LogP contribution < -0.4 is 5.32 Å². The van der Waals surface area contributed by atoms with Gasteiger partial charge in [0.05, 0.1) is 6.61 Å². The van der Waals surface area contributed by atoms with Crippen molar-refractivity contribution < 1.29 is 4.74 Å². The molecule has 18 heavy (non-hydrogen) atoms. The Morgan fingerprint density at radius 1 is 1.22 bits per heavy atom. The van der Waals surface area contributed by atoms with E-state index in [1.54, 1.807) is 7.11 Å². The fraction of sp³-hybridized carbons (Fsp3) is 1.00. The maximum absolute atomic E-state index is 5.40. The number of ether oxygens (including phenoxy) is 1. The number of hydrogen-bond acceptors (Lipinski definition) is 3. The average molecular weight is 256 g/mol. The van der Waals surface area contributed by atoms with Gasteiger partial charge in [-0.25, -0.2) is 0 Å². The highest BCUT2D eigenvalue weighted by atomic mass is 16.5. The van der Waals surface area contributed by atoms with Crippen molar-refractivity contribution in [3.63, 3.8) is 0 Å². The molecule has 1 N–H and O–H groups in total. The minimum atomic E-state index is 0.180. The summed E-state index contributed by atoms with van der Waals surface area (Å²) in [5.41, 5.74) is 0.180. The first-order valence-corrected chi connectivity index (χ1v) is 7.40. The molecule has 1 fully saturated rings. The lowest BCUT2D eigenvalue weighted by atomic mass is 9.93. The molecule has 1 unspecified atom stereocenters. The topological polar surface area (TPSA) is 24.5 Å². The molecule has 1 rings (SSSR count). The number of nitrogens with one attached hydrogen (secondary N) is 1. The summed E-state index contributed by atoms with van der Waals surface area (Å²) >= 11 is 0. The zero-order chi connectivity index (χ0) is 13.6. The SMILES string of the molecule is COCC(CNC(C)(C)C)N(C)C1CCCCC1. The molecule has 0 aromatic rings. The molecule has 1 aliphatic rings. The molecule has 0 aromatic heterocycles. The van der Waals surface area contributed by atoms with Gasteiger partial charge >= 0.3 is 0 Å². The molecule has 0 radical (unpaired) electrons. The van der Waals surface area contributed by atoms with Crippen molar-refractivity contribution in [2.45, 2.75) is 70.5 Å². The van der Waals surface area contributed by atoms with E-state index in [2.05, 4.69) is 38.0 Å². The maximum Gasteiger partial charge on any atom is 0.0630 e. The van der Waals surface area contributed by atoms with Crippen LogP contribution in [-0.4, -0.2) is 49.8 Å². The van der Waals surface area contributed by atoms with Gasteiger partial charge < -0.3 is 10.1 Å². The van der Waals surface area contributed by atoms with E-state index in [1.165, 1.54) is 32.1 Å². The number of rotatable bonds is 6. The van der Waals surface area contributed by atoms with Crippen molar-refractivity contribution in [2.75, 3.05) is 27.3 Å². The van der Waals surface area contributed by atoms with E-state index in [9.17, 15) is 0 Å². The van der Waals surface area contributed by atoms with Crippen LogP contribution in [-0.2, 0) is 4.74 Å². The number of methoxy groups -OCH3 is 1. The van der Waals surface area contributed by atoms with E-state index in [0.29, 0.717) is 6.04 Å². The summed E-state index contributed by atoms with van der Waals surface area (Å²) in [5.74, 6) is 0. The highest BCUT2D eigenvalue weighted by Gasteiger charge is 2.25. The zero-order valence-electron chi connectivity index (χ0n) is 13.0. The quantitative estimate of drug-likeness (QED) is 0.791. The van der Waals surface area contributed by atoms with Crippen LogP contribution in [0.15, 0.2) is 0 Å². The third-order valence-electron chi connectivity index (χ3n) is 3.95. The van der Waals surface area contributed by atoms with E-state index in [4.69, 9.17) is 4.74 Å². The normalized spacial score (nSPS) is 20.3. The molecular formula is C15H32N2O. The maximum atomic E-state index is 5.40. The van der Waals surface area contributed by atoms with E-state index in [-0.39, 0.29) is 5.54 Å². The highest BCUT2D eigenvalue weighted by molar-refractivity contribution is 4.83. The predicted octanol–water partition coefficient (Wildman–Crippen LogP) is 2.65. The van der Waals surface area contributed by atoms with E-state index in [1.807, 2.05) is 0 Å². The van der Waals surface area contributed by atoms with Crippen molar-refractivity contribution in [2.24, 2.45) is 0 Å². The minimum Gasteiger partial charge on any atom is -0.383 e. The van der Waals surface area contributed by atoms with E-state index in [0.717, 1.165) is 19.2 Å². The Hall–Kier alpha value is -0.120. The third kappa shape index (κ3) is 5.68. The van der Waals surface area contributed by atoms with Crippen LogP contribution in [0.3, 0.4) is 0 Å². The summed E-state index contributed by atoms with van der Waals surface area (Å²) in [4.78, 5) is 2.54. The first-order chi connectivity index (χ1) is 8.44. The van der Waals surface area contributed by atoms with Gasteiger partial charge in [0.15, 0.2) is 0 Å². The smallest absolute Gasteiger partial charge is 0.0630 e. The van der Waals surface area contributed by atoms with Gasteiger partial charge in [0.1, 0.15) is 0 Å². The molecule has 0 spiro atoms. The molecule has 1 aliphatic carbocycles. The second-order valence-electron chi connectivity index (χ2n) is 6.70. The fourth-order valence-electron chi connectivity index (χ4n) is 2.72. The lowest BCUT2D eigenvalue weighted by Crippen LogP contribution is -2.51. The van der Waals surface area contributed by atoms with E-state index < -0.39 is 0 Å². The van der Waals surface area contributed by atoms with Gasteiger partial charge in [0.2, 0.25) is 0 Å². The molecule has 1 saturated carbocycles. The molecule has 0 amide bonds. The summed E-state index contributed by atoms with van der Waals surface area (Å²) in [6.45, 7) is 8.48. The molecule has 3 nitrogen and oxygen atoms in total. The largest absolute Gasteiger partial charge is 0.383 e. The van der Waals surface area contributed by atoms with Crippen molar-refractivity contribution in [1.29, 1.82) is 0 Å². The van der Waals surface area contributed by atoms with E-state index >= 15 is 0 Å². The fourth-order valence-corrected chi connectivity index (χ4v) is 2.72. The summed E-state index contributed by atoms with van der Waals surface area (Å²) in [5, 5.41) is 3.61. The minimum absolute atomic E-state index is 0.180. The molecule has 0 aromatic carbocycles. The number of likely N-dealkylation sites (N-methyl/N-ethyl adjacent to an activating group) is 1. The van der Waals surface area contributed by atoms with Crippen LogP contribution in [0.25, 0.3) is 0 Å². The molecule has 108 valence electrons. The Morgan fingerprint density at radius 3 is 2.33 bits per heavy atom. The van der Waals surface area contributed by atoms with Crippen molar-refractivity contribution >= 4 is 0 Å². The first-order valence-electron chi connectivity index (χ1n) is 7.40. The molecular weight excluding hydrogens is 224 g/mol. The monoisotopic (exact) mass is 256 g/mol. The Bertz CT molecular complexity index is 219. The van der Waals surface area contributed by atoms with Crippen LogP contribution in [0.5, 0.6) is 0 Å². The second kappa shape index (κ2) is 7.46. The van der Waals surface area contributed by atoms with Crippen molar-refractivity contribution in [3.05, 3.63) is 0 Å². The summed E-state index contributed by atoms with van der Waals surface area (Å²) in [6.07, 6.45) is 6.90. The predicted molar refractivity (Wildman–Crippen MR) is 78.1 cm³/mol. The summed E-state index contributed by atoms with van der Waals surface area (Å²) < 4.78 is 5.40. The molecule has 1 atom stereocenters. The highest BCUT2D eigenvalue weighted by Crippen LogP contribution is 2.23.